The Hall–Kier alpha value is -5.31. The third-order valence-corrected chi connectivity index (χ3v) is 6.78. The molecule has 3 aromatic carbocycles. The van der Waals surface area contributed by atoms with Crippen molar-refractivity contribution in [3.8, 4) is 17.0 Å². The molecule has 0 aliphatic rings. The number of methoxy groups -OCH3 is 1. The highest BCUT2D eigenvalue weighted by molar-refractivity contribution is 7.99. The quantitative estimate of drug-likeness (QED) is 0.164. The minimum Gasteiger partial charge on any atom is -0.497 e. The van der Waals surface area contributed by atoms with E-state index in [1.54, 1.807) is 29.9 Å². The van der Waals surface area contributed by atoms with E-state index in [9.17, 15) is 30.3 Å². The first-order valence-electron chi connectivity index (χ1n) is 11.1. The third-order valence-electron chi connectivity index (χ3n) is 5.72. The van der Waals surface area contributed by atoms with Crippen LogP contribution in [0.1, 0.15) is 5.76 Å². The zero-order valence-corrected chi connectivity index (χ0v) is 20.7. The van der Waals surface area contributed by atoms with Crippen molar-refractivity contribution in [1.29, 1.82) is 0 Å². The Bertz CT molecular complexity index is 1750. The fraction of sp³-hybridized carbons (Fsp3) is 0.0833. The van der Waals surface area contributed by atoms with Crippen molar-refractivity contribution in [1.82, 2.24) is 14.7 Å². The van der Waals surface area contributed by atoms with Crippen LogP contribution in [0.2, 0.25) is 0 Å². The molecule has 0 spiro atoms. The summed E-state index contributed by atoms with van der Waals surface area (Å²) in [6.45, 7) is 0.0978. The van der Waals surface area contributed by atoms with Gasteiger partial charge in [0.1, 0.15) is 11.4 Å². The van der Waals surface area contributed by atoms with Gasteiger partial charge in [-0.05, 0) is 48.2 Å². The second-order valence-electron chi connectivity index (χ2n) is 8.09. The Morgan fingerprint density at radius 1 is 0.897 bits per heavy atom. The number of nitrogens with zero attached hydrogens (tertiary/aromatic N) is 6. The molecular weight excluding hydrogens is 532 g/mol. The number of hydrogen-bond donors (Lipinski definition) is 0. The number of nitro benzene ring substituents is 3. The van der Waals surface area contributed by atoms with Gasteiger partial charge in [0.25, 0.3) is 17.1 Å². The number of hydrogen-bond acceptors (Lipinski definition) is 11. The lowest BCUT2D eigenvalue weighted by atomic mass is 10.1. The van der Waals surface area contributed by atoms with E-state index in [-0.39, 0.29) is 27.8 Å². The van der Waals surface area contributed by atoms with E-state index >= 15 is 0 Å². The zero-order valence-electron chi connectivity index (χ0n) is 19.9. The summed E-state index contributed by atoms with van der Waals surface area (Å²) in [7, 11) is 1.56. The van der Waals surface area contributed by atoms with Crippen LogP contribution < -0.4 is 4.74 Å². The maximum absolute atomic E-state index is 11.7. The maximum atomic E-state index is 11.7. The van der Waals surface area contributed by atoms with Crippen molar-refractivity contribution in [3.63, 3.8) is 0 Å². The van der Waals surface area contributed by atoms with Crippen LogP contribution in [0, 0.1) is 30.3 Å². The summed E-state index contributed by atoms with van der Waals surface area (Å²) in [5, 5.41) is 38.5. The van der Waals surface area contributed by atoms with Gasteiger partial charge in [-0.15, -0.1) is 0 Å². The lowest BCUT2D eigenvalue weighted by molar-refractivity contribution is -0.396. The fourth-order valence-corrected chi connectivity index (χ4v) is 4.82. The maximum Gasteiger partial charge on any atom is 0.290 e. The standard InChI is InChI=1S/C24H16N6O8S/c1-37-17-6-2-14(3-7-17)19-12-18(38-26-19)13-27-21-8-4-15(28(31)32)10-20(21)25-24(27)39-23-9-5-16(29(33)34)11-22(23)30(35)36/h2-12H,13H2,1H3. The van der Waals surface area contributed by atoms with E-state index in [1.807, 2.05) is 12.1 Å². The van der Waals surface area contributed by atoms with Gasteiger partial charge in [0, 0.05) is 29.8 Å². The number of benzene rings is 3. The average Bonchev–Trinajstić information content (AvgIpc) is 3.53. The van der Waals surface area contributed by atoms with Crippen molar-refractivity contribution in [2.24, 2.45) is 0 Å². The molecule has 2 aromatic heterocycles. The van der Waals surface area contributed by atoms with Gasteiger partial charge in [-0.2, -0.15) is 0 Å². The molecule has 0 radical (unpaired) electrons. The predicted molar refractivity (Wildman–Crippen MR) is 138 cm³/mol. The Labute approximate surface area is 222 Å². The van der Waals surface area contributed by atoms with Gasteiger partial charge in [0.05, 0.1) is 50.4 Å². The molecule has 14 nitrogen and oxygen atoms in total. The predicted octanol–water partition coefficient (Wildman–Crippen LogP) is 5.62. The number of ether oxygens (including phenoxy) is 1. The fourth-order valence-electron chi connectivity index (χ4n) is 3.83. The molecule has 0 atom stereocenters. The molecule has 0 saturated carbocycles. The monoisotopic (exact) mass is 548 g/mol. The summed E-state index contributed by atoms with van der Waals surface area (Å²) >= 11 is 0.898. The molecule has 0 unspecified atom stereocenters. The van der Waals surface area contributed by atoms with Crippen LogP contribution in [0.4, 0.5) is 17.1 Å². The average molecular weight is 548 g/mol. The summed E-state index contributed by atoms with van der Waals surface area (Å²) in [6.07, 6.45) is 0. The summed E-state index contributed by atoms with van der Waals surface area (Å²) in [5.41, 5.74) is 1.07. The summed E-state index contributed by atoms with van der Waals surface area (Å²) < 4.78 is 12.4. The molecule has 5 aromatic rings. The van der Waals surface area contributed by atoms with Crippen LogP contribution >= 0.6 is 11.8 Å². The number of nitro groups is 3. The van der Waals surface area contributed by atoms with Crippen molar-refractivity contribution < 1.29 is 24.0 Å². The highest BCUT2D eigenvalue weighted by Gasteiger charge is 2.24. The van der Waals surface area contributed by atoms with Gasteiger partial charge < -0.3 is 13.8 Å². The molecule has 0 fully saturated rings. The molecule has 0 saturated heterocycles. The molecule has 196 valence electrons. The first-order valence-corrected chi connectivity index (χ1v) is 11.9. The van der Waals surface area contributed by atoms with Crippen LogP contribution in [0.25, 0.3) is 22.3 Å². The van der Waals surface area contributed by atoms with E-state index < -0.39 is 26.1 Å². The van der Waals surface area contributed by atoms with Crippen molar-refractivity contribution >= 4 is 39.9 Å². The molecule has 39 heavy (non-hydrogen) atoms. The van der Waals surface area contributed by atoms with Crippen molar-refractivity contribution in [2.75, 3.05) is 7.11 Å². The number of fused-ring (bicyclic) bond motifs is 1. The lowest BCUT2D eigenvalue weighted by Crippen LogP contribution is -2.01. The second kappa shape index (κ2) is 10.2. The molecule has 0 bridgehead atoms. The number of rotatable bonds is 9. The molecular formula is C24H16N6O8S. The van der Waals surface area contributed by atoms with Gasteiger partial charge in [0.2, 0.25) is 0 Å². The van der Waals surface area contributed by atoms with Gasteiger partial charge in [-0.3, -0.25) is 30.3 Å². The van der Waals surface area contributed by atoms with E-state index in [0.717, 1.165) is 29.5 Å². The summed E-state index contributed by atoms with van der Waals surface area (Å²) in [6, 6.07) is 16.4. The van der Waals surface area contributed by atoms with Crippen LogP contribution in [0.5, 0.6) is 5.75 Å². The van der Waals surface area contributed by atoms with Gasteiger partial charge >= 0.3 is 0 Å². The number of aromatic nitrogens is 3. The Morgan fingerprint density at radius 3 is 2.26 bits per heavy atom. The van der Waals surface area contributed by atoms with E-state index in [2.05, 4.69) is 10.1 Å². The topological polar surface area (TPSA) is 182 Å². The molecule has 0 N–H and O–H groups in total. The minimum absolute atomic E-state index is 0.0978. The van der Waals surface area contributed by atoms with Gasteiger partial charge in [0.15, 0.2) is 10.9 Å². The molecule has 0 aliphatic carbocycles. The molecule has 0 amide bonds. The first-order chi connectivity index (χ1) is 18.7. The SMILES string of the molecule is COc1ccc(-c2cc(Cn3c(Sc4ccc([N+](=O)[O-])cc4[N+](=O)[O-])nc4cc([N+](=O)[O-])ccc43)on2)cc1. The third kappa shape index (κ3) is 5.10. The minimum atomic E-state index is -0.722. The van der Waals surface area contributed by atoms with Crippen LogP contribution in [-0.2, 0) is 6.54 Å². The largest absolute Gasteiger partial charge is 0.497 e. The zero-order chi connectivity index (χ0) is 27.7. The number of non-ortho nitro benzene ring substituents is 2. The van der Waals surface area contributed by atoms with Crippen molar-refractivity contribution in [3.05, 3.63) is 103 Å². The Kier molecular flexibility index (Phi) is 6.64. The Morgan fingerprint density at radius 2 is 1.59 bits per heavy atom. The van der Waals surface area contributed by atoms with E-state index in [4.69, 9.17) is 9.26 Å². The first kappa shape index (κ1) is 25.3. The molecule has 5 rings (SSSR count). The van der Waals surface area contributed by atoms with Gasteiger partial charge in [-0.25, -0.2) is 4.98 Å². The van der Waals surface area contributed by atoms with E-state index in [1.165, 1.54) is 24.3 Å². The summed E-state index contributed by atoms with van der Waals surface area (Å²) in [5.74, 6) is 1.11. The Balaban J connectivity index is 1.55. The molecule has 2 heterocycles. The lowest BCUT2D eigenvalue weighted by Gasteiger charge is -2.07. The number of imidazole rings is 1. The van der Waals surface area contributed by atoms with Crippen LogP contribution in [0.15, 0.2) is 81.3 Å². The molecule has 0 aliphatic heterocycles. The van der Waals surface area contributed by atoms with Crippen LogP contribution in [-0.4, -0.2) is 36.6 Å². The highest BCUT2D eigenvalue weighted by Crippen LogP contribution is 2.38. The van der Waals surface area contributed by atoms with Crippen LogP contribution in [0.3, 0.4) is 0 Å². The second-order valence-corrected chi connectivity index (χ2v) is 9.10. The highest BCUT2D eigenvalue weighted by atomic mass is 32.2. The summed E-state index contributed by atoms with van der Waals surface area (Å²) in [4.78, 5) is 36.7. The molecule has 15 heteroatoms. The van der Waals surface area contributed by atoms with E-state index in [0.29, 0.717) is 22.7 Å². The smallest absolute Gasteiger partial charge is 0.290 e. The van der Waals surface area contributed by atoms with Crippen molar-refractivity contribution in [2.45, 2.75) is 16.6 Å². The van der Waals surface area contributed by atoms with Gasteiger partial charge in [-0.1, -0.05) is 5.16 Å². The normalized spacial score (nSPS) is 11.0.